The lowest BCUT2D eigenvalue weighted by atomic mass is 10.2. The van der Waals surface area contributed by atoms with Crippen LogP contribution in [-0.4, -0.2) is 51.8 Å². The van der Waals surface area contributed by atoms with E-state index in [2.05, 4.69) is 20.1 Å². The fourth-order valence-corrected chi connectivity index (χ4v) is 4.75. The second kappa shape index (κ2) is 6.49. The Balaban J connectivity index is 1.87. The van der Waals surface area contributed by atoms with Crippen LogP contribution in [0.25, 0.3) is 22.9 Å². The summed E-state index contributed by atoms with van der Waals surface area (Å²) in [5, 5.41) is 4.58. The Hall–Kier alpha value is -2.81. The molecule has 1 saturated heterocycles. The van der Waals surface area contributed by atoms with Crippen molar-refractivity contribution in [3.05, 3.63) is 42.7 Å². The van der Waals surface area contributed by atoms with E-state index in [1.165, 1.54) is 7.11 Å². The van der Waals surface area contributed by atoms with Gasteiger partial charge < -0.3 is 4.74 Å². The molecule has 0 bridgehead atoms. The van der Waals surface area contributed by atoms with Crippen LogP contribution in [0.3, 0.4) is 0 Å². The molecule has 3 aromatic heterocycles. The summed E-state index contributed by atoms with van der Waals surface area (Å²) in [7, 11) is -1.53. The minimum Gasteiger partial charge on any atom is -0.480 e. The Bertz CT molecular complexity index is 1030. The molecule has 1 atom stereocenters. The molecule has 0 spiro atoms. The van der Waals surface area contributed by atoms with Crippen LogP contribution in [0, 0.1) is 0 Å². The zero-order valence-corrected chi connectivity index (χ0v) is 14.9. The lowest BCUT2D eigenvalue weighted by Gasteiger charge is -2.13. The number of hydrogen-bond acceptors (Lipinski definition) is 7. The van der Waals surface area contributed by atoms with Crippen molar-refractivity contribution in [2.75, 3.05) is 18.6 Å². The topological polar surface area (TPSA) is 99.9 Å². The Morgan fingerprint density at radius 2 is 2.00 bits per heavy atom. The van der Waals surface area contributed by atoms with Crippen LogP contribution in [0.4, 0.5) is 0 Å². The van der Waals surface area contributed by atoms with Gasteiger partial charge in [-0.2, -0.15) is 0 Å². The molecule has 3 aromatic rings. The number of pyridine rings is 2. The largest absolute Gasteiger partial charge is 0.480 e. The number of ether oxygens (including phenoxy) is 1. The van der Waals surface area contributed by atoms with Crippen molar-refractivity contribution in [3.8, 4) is 28.8 Å². The molecule has 0 aromatic carbocycles. The monoisotopic (exact) mass is 371 g/mol. The highest BCUT2D eigenvalue weighted by Crippen LogP contribution is 2.33. The summed E-state index contributed by atoms with van der Waals surface area (Å²) >= 11 is 0. The van der Waals surface area contributed by atoms with Crippen LogP contribution < -0.4 is 4.74 Å². The van der Waals surface area contributed by atoms with Crippen LogP contribution in [0.2, 0.25) is 0 Å². The maximum atomic E-state index is 12.0. The predicted octanol–water partition coefficient (Wildman–Crippen LogP) is 1.77. The first kappa shape index (κ1) is 16.6. The molecule has 0 saturated carbocycles. The number of methoxy groups -OCH3 is 1. The van der Waals surface area contributed by atoms with Gasteiger partial charge in [-0.1, -0.05) is 6.07 Å². The summed E-state index contributed by atoms with van der Waals surface area (Å²) < 4.78 is 30.9. The van der Waals surface area contributed by atoms with Gasteiger partial charge >= 0.3 is 0 Å². The van der Waals surface area contributed by atoms with E-state index >= 15 is 0 Å². The molecule has 9 heteroatoms. The average Bonchev–Trinajstić information content (AvgIpc) is 3.25. The van der Waals surface area contributed by atoms with Crippen molar-refractivity contribution in [1.82, 2.24) is 24.7 Å². The highest BCUT2D eigenvalue weighted by atomic mass is 32.2. The molecule has 0 amide bonds. The molecular weight excluding hydrogens is 354 g/mol. The van der Waals surface area contributed by atoms with E-state index < -0.39 is 9.84 Å². The first-order valence-corrected chi connectivity index (χ1v) is 9.97. The molecular formula is C17H17N5O3S. The molecule has 0 radical (unpaired) electrons. The van der Waals surface area contributed by atoms with E-state index in [4.69, 9.17) is 4.74 Å². The second-order valence-corrected chi connectivity index (χ2v) is 8.26. The van der Waals surface area contributed by atoms with Gasteiger partial charge in [0.2, 0.25) is 5.88 Å². The first-order valence-electron chi connectivity index (χ1n) is 8.15. The Morgan fingerprint density at radius 1 is 1.15 bits per heavy atom. The molecule has 0 N–H and O–H groups in total. The van der Waals surface area contributed by atoms with Crippen LogP contribution in [0.15, 0.2) is 42.7 Å². The highest BCUT2D eigenvalue weighted by Gasteiger charge is 2.33. The third kappa shape index (κ3) is 3.05. The van der Waals surface area contributed by atoms with Gasteiger partial charge in [-0.25, -0.2) is 23.1 Å². The van der Waals surface area contributed by atoms with E-state index in [0.29, 0.717) is 35.2 Å². The zero-order valence-electron chi connectivity index (χ0n) is 14.1. The molecule has 134 valence electrons. The third-order valence-electron chi connectivity index (χ3n) is 4.28. The third-order valence-corrected chi connectivity index (χ3v) is 6.04. The molecule has 0 aliphatic carbocycles. The van der Waals surface area contributed by atoms with Crippen LogP contribution in [0.5, 0.6) is 5.88 Å². The molecule has 1 fully saturated rings. The SMILES string of the molecule is COc1ncccc1-c1nc(-c2ccccn2)nn1[C@H]1CCS(=O)(=O)C1. The van der Waals surface area contributed by atoms with E-state index in [9.17, 15) is 8.42 Å². The Labute approximate surface area is 150 Å². The van der Waals surface area contributed by atoms with Crippen molar-refractivity contribution < 1.29 is 13.2 Å². The van der Waals surface area contributed by atoms with Gasteiger partial charge in [0.25, 0.3) is 0 Å². The Kier molecular flexibility index (Phi) is 4.15. The van der Waals surface area contributed by atoms with Crippen molar-refractivity contribution in [3.63, 3.8) is 0 Å². The summed E-state index contributed by atoms with van der Waals surface area (Å²) in [4.78, 5) is 13.1. The molecule has 4 rings (SSSR count). The van der Waals surface area contributed by atoms with Crippen molar-refractivity contribution in [2.24, 2.45) is 0 Å². The molecule has 1 aliphatic heterocycles. The predicted molar refractivity (Wildman–Crippen MR) is 95.3 cm³/mol. The van der Waals surface area contributed by atoms with Gasteiger partial charge in [-0.3, -0.25) is 4.98 Å². The van der Waals surface area contributed by atoms with Crippen LogP contribution in [0.1, 0.15) is 12.5 Å². The Morgan fingerprint density at radius 3 is 2.69 bits per heavy atom. The molecule has 26 heavy (non-hydrogen) atoms. The second-order valence-electron chi connectivity index (χ2n) is 6.04. The summed E-state index contributed by atoms with van der Waals surface area (Å²) in [6.45, 7) is 0. The van der Waals surface area contributed by atoms with E-state index in [-0.39, 0.29) is 17.5 Å². The number of aromatic nitrogens is 5. The standard InChI is InChI=1S/C17H17N5O3S/c1-25-17-13(5-4-9-19-17)16-20-15(14-6-2-3-8-18-14)21-22(16)12-7-10-26(23,24)11-12/h2-6,8-9,12H,7,10-11H2,1H3/t12-/m0/s1. The summed E-state index contributed by atoms with van der Waals surface area (Å²) in [5.41, 5.74) is 1.28. The van der Waals surface area contributed by atoms with Crippen LogP contribution >= 0.6 is 0 Å². The number of sulfone groups is 1. The number of hydrogen-bond donors (Lipinski definition) is 0. The first-order chi connectivity index (χ1) is 12.6. The normalized spacial score (nSPS) is 18.7. The van der Waals surface area contributed by atoms with E-state index in [1.807, 2.05) is 24.3 Å². The van der Waals surface area contributed by atoms with Gasteiger partial charge in [0.1, 0.15) is 5.69 Å². The average molecular weight is 371 g/mol. The van der Waals surface area contributed by atoms with E-state index in [0.717, 1.165) is 0 Å². The zero-order chi connectivity index (χ0) is 18.1. The lowest BCUT2D eigenvalue weighted by Crippen LogP contribution is -2.14. The van der Waals surface area contributed by atoms with Crippen molar-refractivity contribution in [1.29, 1.82) is 0 Å². The number of nitrogens with zero attached hydrogens (tertiary/aromatic N) is 5. The smallest absolute Gasteiger partial charge is 0.224 e. The quantitative estimate of drug-likeness (QED) is 0.689. The maximum absolute atomic E-state index is 12.0. The molecule has 1 aliphatic rings. The summed E-state index contributed by atoms with van der Waals surface area (Å²) in [5.74, 6) is 1.58. The molecule has 0 unspecified atom stereocenters. The lowest BCUT2D eigenvalue weighted by molar-refractivity contribution is 0.398. The van der Waals surface area contributed by atoms with Gasteiger partial charge in [-0.05, 0) is 30.7 Å². The van der Waals surface area contributed by atoms with E-state index in [1.54, 1.807) is 23.1 Å². The maximum Gasteiger partial charge on any atom is 0.224 e. The fourth-order valence-electron chi connectivity index (χ4n) is 3.06. The number of rotatable bonds is 4. The van der Waals surface area contributed by atoms with Crippen LogP contribution in [-0.2, 0) is 9.84 Å². The van der Waals surface area contributed by atoms with Gasteiger partial charge in [0.05, 0.1) is 30.2 Å². The van der Waals surface area contributed by atoms with Gasteiger partial charge in [0.15, 0.2) is 21.5 Å². The van der Waals surface area contributed by atoms with Gasteiger partial charge in [0, 0.05) is 12.4 Å². The minimum absolute atomic E-state index is 0.0492. The molecule has 4 heterocycles. The summed E-state index contributed by atoms with van der Waals surface area (Å²) in [6, 6.07) is 8.82. The fraction of sp³-hybridized carbons (Fsp3) is 0.294. The van der Waals surface area contributed by atoms with Crippen molar-refractivity contribution in [2.45, 2.75) is 12.5 Å². The van der Waals surface area contributed by atoms with Crippen molar-refractivity contribution >= 4 is 9.84 Å². The highest BCUT2D eigenvalue weighted by molar-refractivity contribution is 7.91. The van der Waals surface area contributed by atoms with Gasteiger partial charge in [-0.15, -0.1) is 5.10 Å². The molecule has 8 nitrogen and oxygen atoms in total. The summed E-state index contributed by atoms with van der Waals surface area (Å²) in [6.07, 6.45) is 3.80. The minimum atomic E-state index is -3.06.